The van der Waals surface area contributed by atoms with Crippen LogP contribution in [0.2, 0.25) is 0 Å². The Balaban J connectivity index is 0.000000882. The molecule has 109 valence electrons. The van der Waals surface area contributed by atoms with Crippen molar-refractivity contribution in [3.05, 3.63) is 70.8 Å². The topological polar surface area (TPSA) is 0 Å². The second-order valence-electron chi connectivity index (χ2n) is 5.65. The zero-order chi connectivity index (χ0) is 13.7. The summed E-state index contributed by atoms with van der Waals surface area (Å²) in [6, 6.07) is 13.7. The quantitative estimate of drug-likeness (QED) is 0.447. The Morgan fingerprint density at radius 1 is 1.00 bits per heavy atom. The summed E-state index contributed by atoms with van der Waals surface area (Å²) in [5.41, 5.74) is 10.3. The molecule has 0 saturated heterocycles. The maximum Gasteiger partial charge on any atom is -1.00 e. The number of hydrogen-bond donors (Lipinski definition) is 0. The Morgan fingerprint density at radius 2 is 1.77 bits per heavy atom. The second kappa shape index (κ2) is 6.87. The van der Waals surface area contributed by atoms with Crippen LogP contribution < -0.4 is 28.1 Å². The summed E-state index contributed by atoms with van der Waals surface area (Å²) in [4.78, 5) is 0. The molecule has 2 aromatic carbocycles. The maximum absolute atomic E-state index is 2.42. The van der Waals surface area contributed by atoms with Gasteiger partial charge in [0.2, 0.25) is 0 Å². The van der Waals surface area contributed by atoms with Crippen molar-refractivity contribution >= 4 is 8.84 Å². The molecule has 2 aromatic rings. The minimum atomic E-state index is 0. The normalized spacial score (nSPS) is 14.3. The van der Waals surface area contributed by atoms with Gasteiger partial charge in [-0.2, -0.15) is 0 Å². The zero-order valence-electron chi connectivity index (χ0n) is 12.3. The summed E-state index contributed by atoms with van der Waals surface area (Å²) in [7, 11) is 0. The molecule has 0 amide bonds. The van der Waals surface area contributed by atoms with Gasteiger partial charge in [0.25, 0.3) is 0 Å². The third-order valence-corrected chi connectivity index (χ3v) is 5.54. The average molecular weight is 405 g/mol. The van der Waals surface area contributed by atoms with Crippen LogP contribution in [0.3, 0.4) is 0 Å². The van der Waals surface area contributed by atoms with Crippen LogP contribution in [0.25, 0.3) is 16.7 Å². The molecule has 0 bridgehead atoms. The molecular weight excluding hydrogens is 390 g/mol. The van der Waals surface area contributed by atoms with Crippen molar-refractivity contribution in [3.8, 4) is 11.1 Å². The summed E-state index contributed by atoms with van der Waals surface area (Å²) in [5, 5.41) is 0. The number of benzene rings is 2. The van der Waals surface area contributed by atoms with E-state index in [-0.39, 0.29) is 24.8 Å². The van der Waals surface area contributed by atoms with Crippen LogP contribution >= 0.6 is 0 Å². The standard InChI is InChI=1S/C19H15.2ClH.Zr/c1-13-5-4-8-17(13)16-10-9-15-11-14-6-2-3-7-18(14)19(15)12-16;;;/h2-7,10,12H,8,11H2,1H3;2*1H;/q;;;+2/p-2. The van der Waals surface area contributed by atoms with Crippen LogP contribution in [0.4, 0.5) is 0 Å². The predicted molar refractivity (Wildman–Crippen MR) is 80.7 cm³/mol. The van der Waals surface area contributed by atoms with Crippen LogP contribution in [0.5, 0.6) is 0 Å². The molecule has 0 saturated carbocycles. The molecule has 0 fully saturated rings. The smallest absolute Gasteiger partial charge is 1.00 e. The van der Waals surface area contributed by atoms with E-state index in [0.29, 0.717) is 0 Å². The largest absolute Gasteiger partial charge is 1.00 e. The Kier molecular flexibility index (Phi) is 5.54. The number of allylic oxidation sites excluding steroid dienone is 4. The first-order valence-corrected chi connectivity index (χ1v) is 8.30. The van der Waals surface area contributed by atoms with E-state index in [0.717, 1.165) is 12.8 Å². The van der Waals surface area contributed by atoms with Crippen molar-refractivity contribution in [3.63, 3.8) is 0 Å². The second-order valence-corrected chi connectivity index (χ2v) is 6.98. The van der Waals surface area contributed by atoms with E-state index in [2.05, 4.69) is 55.5 Å². The summed E-state index contributed by atoms with van der Waals surface area (Å²) >= 11 is 1.52. The van der Waals surface area contributed by atoms with Gasteiger partial charge in [0.1, 0.15) is 0 Å². The third kappa shape index (κ3) is 2.80. The minimum Gasteiger partial charge on any atom is -1.00 e. The molecule has 4 rings (SSSR count). The van der Waals surface area contributed by atoms with Gasteiger partial charge < -0.3 is 24.8 Å². The molecule has 0 aliphatic heterocycles. The fourth-order valence-corrected chi connectivity index (χ4v) is 4.30. The van der Waals surface area contributed by atoms with Crippen LogP contribution in [0.15, 0.2) is 54.1 Å². The summed E-state index contributed by atoms with van der Waals surface area (Å²) in [5.74, 6) is 0. The maximum atomic E-state index is 2.42. The van der Waals surface area contributed by atoms with Gasteiger partial charge in [-0.1, -0.05) is 0 Å². The van der Waals surface area contributed by atoms with E-state index in [9.17, 15) is 0 Å². The van der Waals surface area contributed by atoms with Crippen molar-refractivity contribution in [2.75, 3.05) is 0 Å². The summed E-state index contributed by atoms with van der Waals surface area (Å²) in [6.07, 6.45) is 6.72. The Bertz CT molecular complexity index is 788. The molecule has 0 aromatic heterocycles. The monoisotopic (exact) mass is 403 g/mol. The van der Waals surface area contributed by atoms with E-state index >= 15 is 0 Å². The van der Waals surface area contributed by atoms with Crippen LogP contribution in [0, 0.1) is 0 Å². The molecule has 0 nitrogen and oxygen atoms in total. The minimum absolute atomic E-state index is 0. The summed E-state index contributed by atoms with van der Waals surface area (Å²) in [6.45, 7) is 2.22. The fourth-order valence-electron chi connectivity index (χ4n) is 3.37. The first kappa shape index (κ1) is 17.7. The van der Waals surface area contributed by atoms with Crippen molar-refractivity contribution < 1.29 is 49.5 Å². The number of halogens is 2. The molecule has 2 aliphatic carbocycles. The fraction of sp³-hybridized carbons (Fsp3) is 0.158. The number of fused-ring (bicyclic) bond motifs is 3. The van der Waals surface area contributed by atoms with Gasteiger partial charge in [-0.3, -0.25) is 0 Å². The van der Waals surface area contributed by atoms with Gasteiger partial charge in [-0.05, 0) is 0 Å². The molecule has 0 atom stereocenters. The average Bonchev–Trinajstić information content (AvgIpc) is 3.03. The first-order valence-electron chi connectivity index (χ1n) is 7.07. The molecule has 0 heterocycles. The Labute approximate surface area is 159 Å². The number of rotatable bonds is 1. The first-order chi connectivity index (χ1) is 9.74. The third-order valence-electron chi connectivity index (χ3n) is 4.44. The number of hydrogen-bond acceptors (Lipinski definition) is 0. The molecule has 0 unspecified atom stereocenters. The molecule has 2 aliphatic rings. The SMILES string of the molecule is CC1=C(c2c[c]([Zr+2])c3c(c2)-c2ccccc2C3)CC=C1.[Cl-].[Cl-]. The predicted octanol–water partition coefficient (Wildman–Crippen LogP) is -1.83. The van der Waals surface area contributed by atoms with E-state index in [4.69, 9.17) is 0 Å². The van der Waals surface area contributed by atoms with E-state index in [1.165, 1.54) is 61.4 Å². The van der Waals surface area contributed by atoms with Crippen molar-refractivity contribution in [1.29, 1.82) is 0 Å². The van der Waals surface area contributed by atoms with Crippen molar-refractivity contribution in [1.82, 2.24) is 0 Å². The molecular formula is C19H15Cl2Zr. The van der Waals surface area contributed by atoms with Gasteiger partial charge in [0, 0.05) is 0 Å². The van der Waals surface area contributed by atoms with E-state index in [1.54, 1.807) is 5.56 Å². The van der Waals surface area contributed by atoms with Gasteiger partial charge in [-0.25, -0.2) is 0 Å². The van der Waals surface area contributed by atoms with Gasteiger partial charge in [-0.15, -0.1) is 0 Å². The van der Waals surface area contributed by atoms with Crippen molar-refractivity contribution in [2.24, 2.45) is 0 Å². The van der Waals surface area contributed by atoms with E-state index in [1.807, 2.05) is 0 Å². The Morgan fingerprint density at radius 3 is 2.50 bits per heavy atom. The van der Waals surface area contributed by atoms with Gasteiger partial charge in [0.15, 0.2) is 0 Å². The Hall–Kier alpha value is -0.617. The molecule has 3 heteroatoms. The molecule has 0 radical (unpaired) electrons. The zero-order valence-corrected chi connectivity index (χ0v) is 16.3. The van der Waals surface area contributed by atoms with E-state index < -0.39 is 0 Å². The van der Waals surface area contributed by atoms with Gasteiger partial charge >= 0.3 is 135 Å². The van der Waals surface area contributed by atoms with Crippen LogP contribution in [-0.2, 0) is 31.1 Å². The van der Waals surface area contributed by atoms with Crippen LogP contribution in [0.1, 0.15) is 30.0 Å². The molecule has 0 N–H and O–H groups in total. The molecule has 0 spiro atoms. The van der Waals surface area contributed by atoms with Crippen molar-refractivity contribution in [2.45, 2.75) is 19.8 Å². The van der Waals surface area contributed by atoms with Gasteiger partial charge in [0.05, 0.1) is 0 Å². The molecule has 22 heavy (non-hydrogen) atoms. The summed E-state index contributed by atoms with van der Waals surface area (Å²) < 4.78 is 1.52. The van der Waals surface area contributed by atoms with Crippen LogP contribution in [-0.4, -0.2) is 0 Å².